The van der Waals surface area contributed by atoms with Crippen LogP contribution in [0.4, 0.5) is 0 Å². The number of para-hydroxylation sites is 1. The minimum atomic E-state index is -0.0000463. The second-order valence-corrected chi connectivity index (χ2v) is 4.34. The van der Waals surface area contributed by atoms with Crippen molar-refractivity contribution >= 4 is 16.8 Å². The molecular weight excluding hydrogens is 224 g/mol. The van der Waals surface area contributed by atoms with Crippen LogP contribution in [0.2, 0.25) is 0 Å². The van der Waals surface area contributed by atoms with E-state index in [1.54, 1.807) is 0 Å². The summed E-state index contributed by atoms with van der Waals surface area (Å²) in [6.45, 7) is 2.00. The normalized spacial score (nSPS) is 10.7. The molecule has 0 spiro atoms. The van der Waals surface area contributed by atoms with Gasteiger partial charge in [-0.3, -0.25) is 4.79 Å². The van der Waals surface area contributed by atoms with E-state index in [1.807, 2.05) is 55.5 Å². The van der Waals surface area contributed by atoms with Crippen LogP contribution in [0.25, 0.3) is 11.0 Å². The lowest BCUT2D eigenvalue weighted by Crippen LogP contribution is -1.99. The lowest BCUT2D eigenvalue weighted by Gasteiger charge is -1.99. The van der Waals surface area contributed by atoms with E-state index in [0.717, 1.165) is 16.5 Å². The number of carbonyl (C=O) groups excluding carboxylic acids is 1. The highest BCUT2D eigenvalue weighted by atomic mass is 16.3. The number of ketones is 1. The van der Waals surface area contributed by atoms with Gasteiger partial charge in [-0.1, -0.05) is 48.0 Å². The molecule has 2 aromatic carbocycles. The van der Waals surface area contributed by atoms with Crippen molar-refractivity contribution in [2.45, 2.75) is 6.92 Å². The Kier molecular flexibility index (Phi) is 2.49. The molecule has 0 aliphatic rings. The molecule has 1 heterocycles. The Balaban J connectivity index is 2.09. The van der Waals surface area contributed by atoms with Crippen LogP contribution in [0.15, 0.2) is 59.2 Å². The number of furan rings is 1. The van der Waals surface area contributed by atoms with Crippen molar-refractivity contribution in [3.8, 4) is 0 Å². The highest BCUT2D eigenvalue weighted by molar-refractivity contribution is 6.15. The predicted molar refractivity (Wildman–Crippen MR) is 70.8 cm³/mol. The Morgan fingerprint density at radius 3 is 2.50 bits per heavy atom. The summed E-state index contributed by atoms with van der Waals surface area (Å²) in [5.74, 6) is -0.0000463. The number of hydrogen-bond donors (Lipinski definition) is 0. The van der Waals surface area contributed by atoms with E-state index in [9.17, 15) is 4.79 Å². The molecule has 0 fully saturated rings. The van der Waals surface area contributed by atoms with Crippen LogP contribution in [0, 0.1) is 6.92 Å². The predicted octanol–water partition coefficient (Wildman–Crippen LogP) is 3.97. The maximum absolute atomic E-state index is 12.4. The first-order valence-electron chi connectivity index (χ1n) is 5.83. The maximum Gasteiger partial charge on any atom is 0.196 e. The molecule has 3 rings (SSSR count). The fourth-order valence-corrected chi connectivity index (χ4v) is 2.01. The highest BCUT2D eigenvalue weighted by Gasteiger charge is 2.14. The first kappa shape index (κ1) is 10.8. The summed E-state index contributed by atoms with van der Waals surface area (Å²) in [5, 5.41) is 0.864. The Labute approximate surface area is 105 Å². The standard InChI is InChI=1S/C16H12O2/c1-11-6-8-12(9-7-11)16(17)14-10-18-15-5-3-2-4-13(14)15/h2-10H,1H3. The van der Waals surface area contributed by atoms with Gasteiger partial charge in [0.25, 0.3) is 0 Å². The zero-order chi connectivity index (χ0) is 12.5. The average molecular weight is 236 g/mol. The van der Waals surface area contributed by atoms with Gasteiger partial charge in [0.15, 0.2) is 5.78 Å². The van der Waals surface area contributed by atoms with Crippen LogP contribution < -0.4 is 0 Å². The summed E-state index contributed by atoms with van der Waals surface area (Å²) in [5.41, 5.74) is 3.19. The maximum atomic E-state index is 12.4. The number of hydrogen-bond acceptors (Lipinski definition) is 2. The fraction of sp³-hybridized carbons (Fsp3) is 0.0625. The zero-order valence-corrected chi connectivity index (χ0v) is 10.0. The molecule has 0 amide bonds. The second kappa shape index (κ2) is 4.15. The quantitative estimate of drug-likeness (QED) is 0.630. The molecule has 0 atom stereocenters. The third-order valence-corrected chi connectivity index (χ3v) is 3.04. The monoisotopic (exact) mass is 236 g/mol. The molecule has 2 heteroatoms. The molecule has 0 saturated carbocycles. The molecule has 2 nitrogen and oxygen atoms in total. The van der Waals surface area contributed by atoms with E-state index in [2.05, 4.69) is 0 Å². The molecule has 0 unspecified atom stereocenters. The van der Waals surface area contributed by atoms with Gasteiger partial charge < -0.3 is 4.42 Å². The van der Waals surface area contributed by atoms with Crippen molar-refractivity contribution < 1.29 is 9.21 Å². The van der Waals surface area contributed by atoms with Crippen LogP contribution in [0.3, 0.4) is 0 Å². The number of benzene rings is 2. The van der Waals surface area contributed by atoms with Crippen LogP contribution in [0.1, 0.15) is 21.5 Å². The highest BCUT2D eigenvalue weighted by Crippen LogP contribution is 2.23. The molecule has 0 bridgehead atoms. The van der Waals surface area contributed by atoms with Crippen molar-refractivity contribution in [3.05, 3.63) is 71.5 Å². The van der Waals surface area contributed by atoms with Crippen LogP contribution in [0.5, 0.6) is 0 Å². The molecule has 18 heavy (non-hydrogen) atoms. The molecule has 0 saturated heterocycles. The minimum absolute atomic E-state index is 0.0000463. The number of fused-ring (bicyclic) bond motifs is 1. The second-order valence-electron chi connectivity index (χ2n) is 4.34. The third-order valence-electron chi connectivity index (χ3n) is 3.04. The molecule has 0 N–H and O–H groups in total. The van der Waals surface area contributed by atoms with Crippen molar-refractivity contribution in [1.29, 1.82) is 0 Å². The first-order chi connectivity index (χ1) is 8.75. The van der Waals surface area contributed by atoms with Crippen molar-refractivity contribution in [1.82, 2.24) is 0 Å². The average Bonchev–Trinajstić information content (AvgIpc) is 2.82. The fourth-order valence-electron chi connectivity index (χ4n) is 2.01. The van der Waals surface area contributed by atoms with Gasteiger partial charge in [-0.2, -0.15) is 0 Å². The van der Waals surface area contributed by atoms with E-state index in [0.29, 0.717) is 11.1 Å². The van der Waals surface area contributed by atoms with Gasteiger partial charge in [0.2, 0.25) is 0 Å². The van der Waals surface area contributed by atoms with Crippen LogP contribution >= 0.6 is 0 Å². The molecule has 88 valence electrons. The van der Waals surface area contributed by atoms with Gasteiger partial charge in [0, 0.05) is 10.9 Å². The Morgan fingerprint density at radius 1 is 1.00 bits per heavy atom. The van der Waals surface area contributed by atoms with Gasteiger partial charge >= 0.3 is 0 Å². The lowest BCUT2D eigenvalue weighted by molar-refractivity contribution is 0.103. The summed E-state index contributed by atoms with van der Waals surface area (Å²) in [6, 6.07) is 15.1. The molecule has 0 aliphatic carbocycles. The third kappa shape index (κ3) is 1.72. The molecular formula is C16H12O2. The van der Waals surface area contributed by atoms with E-state index in [1.165, 1.54) is 6.26 Å². The number of rotatable bonds is 2. The van der Waals surface area contributed by atoms with Gasteiger partial charge in [-0.25, -0.2) is 0 Å². The van der Waals surface area contributed by atoms with Crippen LogP contribution in [-0.4, -0.2) is 5.78 Å². The summed E-state index contributed by atoms with van der Waals surface area (Å²) in [4.78, 5) is 12.4. The largest absolute Gasteiger partial charge is 0.464 e. The first-order valence-corrected chi connectivity index (χ1v) is 5.83. The zero-order valence-electron chi connectivity index (χ0n) is 10.0. The Morgan fingerprint density at radius 2 is 1.72 bits per heavy atom. The SMILES string of the molecule is Cc1ccc(C(=O)c2coc3ccccc23)cc1. The lowest BCUT2D eigenvalue weighted by atomic mass is 10.0. The minimum Gasteiger partial charge on any atom is -0.464 e. The topological polar surface area (TPSA) is 30.2 Å². The Hall–Kier alpha value is -2.35. The summed E-state index contributed by atoms with van der Waals surface area (Å²) >= 11 is 0. The Bertz CT molecular complexity index is 705. The van der Waals surface area contributed by atoms with E-state index in [4.69, 9.17) is 4.42 Å². The van der Waals surface area contributed by atoms with Crippen molar-refractivity contribution in [2.24, 2.45) is 0 Å². The molecule has 0 aliphatic heterocycles. The van der Waals surface area contributed by atoms with Crippen molar-refractivity contribution in [2.75, 3.05) is 0 Å². The summed E-state index contributed by atoms with van der Waals surface area (Å²) in [7, 11) is 0. The van der Waals surface area contributed by atoms with Crippen molar-refractivity contribution in [3.63, 3.8) is 0 Å². The van der Waals surface area contributed by atoms with Gasteiger partial charge in [0.1, 0.15) is 11.8 Å². The molecule has 3 aromatic rings. The van der Waals surface area contributed by atoms with E-state index < -0.39 is 0 Å². The van der Waals surface area contributed by atoms with E-state index in [-0.39, 0.29) is 5.78 Å². The van der Waals surface area contributed by atoms with E-state index >= 15 is 0 Å². The van der Waals surface area contributed by atoms with Gasteiger partial charge in [-0.15, -0.1) is 0 Å². The summed E-state index contributed by atoms with van der Waals surface area (Å²) in [6.07, 6.45) is 1.53. The number of carbonyl (C=O) groups is 1. The van der Waals surface area contributed by atoms with Crippen LogP contribution in [-0.2, 0) is 0 Å². The smallest absolute Gasteiger partial charge is 0.196 e. The number of aryl methyl sites for hydroxylation is 1. The molecule has 1 aromatic heterocycles. The summed E-state index contributed by atoms with van der Waals surface area (Å²) < 4.78 is 5.39. The molecule has 0 radical (unpaired) electrons. The van der Waals surface area contributed by atoms with Gasteiger partial charge in [0.05, 0.1) is 5.56 Å². The van der Waals surface area contributed by atoms with Gasteiger partial charge in [-0.05, 0) is 13.0 Å².